The van der Waals surface area contributed by atoms with Gasteiger partial charge in [0.15, 0.2) is 0 Å². The number of hydrogen-bond donors (Lipinski definition) is 3. The molecule has 1 fully saturated rings. The van der Waals surface area contributed by atoms with Crippen LogP contribution < -0.4 is 20.5 Å². The quantitative estimate of drug-likeness (QED) is 0.198. The Labute approximate surface area is 187 Å². The van der Waals surface area contributed by atoms with Crippen LogP contribution in [0.5, 0.6) is 5.75 Å². The maximum absolute atomic E-state index is 12.2. The van der Waals surface area contributed by atoms with E-state index < -0.39 is 34.5 Å². The van der Waals surface area contributed by atoms with E-state index in [4.69, 9.17) is 15.2 Å². The highest BCUT2D eigenvalue weighted by molar-refractivity contribution is 7.89. The van der Waals surface area contributed by atoms with E-state index in [2.05, 4.69) is 10.0 Å². The second-order valence-electron chi connectivity index (χ2n) is 7.55. The van der Waals surface area contributed by atoms with Crippen LogP contribution in [0.3, 0.4) is 0 Å². The molecule has 2 aromatic carbocycles. The maximum atomic E-state index is 12.2. The first-order chi connectivity index (χ1) is 15.3. The summed E-state index contributed by atoms with van der Waals surface area (Å²) in [5.74, 6) is -0.437. The molecular formula is C22H27N3O6S. The number of nitrogens with two attached hydrogens (primary N) is 1. The van der Waals surface area contributed by atoms with Crippen LogP contribution in [0, 0.1) is 5.92 Å². The Morgan fingerprint density at radius 3 is 2.41 bits per heavy atom. The van der Waals surface area contributed by atoms with Crippen molar-refractivity contribution in [3.63, 3.8) is 0 Å². The minimum absolute atomic E-state index is 0.0160. The monoisotopic (exact) mass is 461 g/mol. The van der Waals surface area contributed by atoms with Crippen LogP contribution in [0.2, 0.25) is 0 Å². The van der Waals surface area contributed by atoms with Crippen molar-refractivity contribution < 1.29 is 27.5 Å². The summed E-state index contributed by atoms with van der Waals surface area (Å²) in [6, 6.07) is 13.9. The van der Waals surface area contributed by atoms with E-state index >= 15 is 0 Å². The van der Waals surface area contributed by atoms with Gasteiger partial charge in [0.2, 0.25) is 10.0 Å². The molecule has 0 radical (unpaired) electrons. The molecule has 0 aromatic heterocycles. The number of ether oxygens (including phenoxy) is 2. The van der Waals surface area contributed by atoms with E-state index in [0.29, 0.717) is 12.4 Å². The number of rotatable bonds is 11. The largest absolute Gasteiger partial charge is 0.494 e. The molecule has 1 heterocycles. The summed E-state index contributed by atoms with van der Waals surface area (Å²) in [5, 5.41) is 3.23. The van der Waals surface area contributed by atoms with Crippen LogP contribution in [0.1, 0.15) is 29.6 Å². The van der Waals surface area contributed by atoms with Crippen molar-refractivity contribution in [2.45, 2.75) is 30.3 Å². The number of nitrogens with one attached hydrogen (secondary N) is 2. The van der Waals surface area contributed by atoms with Gasteiger partial charge < -0.3 is 20.5 Å². The molecule has 1 atom stereocenters. The lowest BCUT2D eigenvalue weighted by Crippen LogP contribution is -2.43. The number of sulfonamides is 1. The Balaban J connectivity index is 1.41. The second kappa shape index (κ2) is 11.2. The van der Waals surface area contributed by atoms with Crippen LogP contribution in [-0.4, -0.2) is 46.2 Å². The molecule has 1 aliphatic rings. The topological polar surface area (TPSA) is 137 Å². The minimum Gasteiger partial charge on any atom is -0.494 e. The van der Waals surface area contributed by atoms with Crippen molar-refractivity contribution in [2.75, 3.05) is 19.7 Å². The lowest BCUT2D eigenvalue weighted by Gasteiger charge is -2.26. The zero-order valence-corrected chi connectivity index (χ0v) is 18.3. The molecule has 10 heteroatoms. The summed E-state index contributed by atoms with van der Waals surface area (Å²) in [7, 11) is -3.89. The fourth-order valence-electron chi connectivity index (χ4n) is 3.09. The Morgan fingerprint density at radius 1 is 1.09 bits per heavy atom. The summed E-state index contributed by atoms with van der Waals surface area (Å²) in [6.45, 7) is 2.73. The molecule has 0 unspecified atom stereocenters. The first kappa shape index (κ1) is 23.9. The Morgan fingerprint density at radius 2 is 1.78 bits per heavy atom. The zero-order chi connectivity index (χ0) is 23.0. The van der Waals surface area contributed by atoms with Gasteiger partial charge in [-0.25, -0.2) is 13.2 Å². The van der Waals surface area contributed by atoms with Gasteiger partial charge in [-0.05, 0) is 68.2 Å². The zero-order valence-electron chi connectivity index (χ0n) is 17.5. The molecule has 0 bridgehead atoms. The van der Waals surface area contributed by atoms with E-state index in [1.807, 2.05) is 0 Å². The van der Waals surface area contributed by atoms with Crippen LogP contribution in [0.15, 0.2) is 59.5 Å². The molecule has 172 valence electrons. The highest BCUT2D eigenvalue weighted by Gasteiger charge is 2.22. The van der Waals surface area contributed by atoms with Crippen molar-refractivity contribution in [3.8, 4) is 5.75 Å². The Hall–Kier alpha value is -2.79. The van der Waals surface area contributed by atoms with Gasteiger partial charge in [-0.15, -0.1) is 0 Å². The van der Waals surface area contributed by atoms with Crippen LogP contribution in [0.4, 0.5) is 0 Å². The maximum Gasteiger partial charge on any atom is 0.345 e. The molecule has 0 saturated carbocycles. The minimum atomic E-state index is -3.89. The van der Waals surface area contributed by atoms with Gasteiger partial charge in [0.1, 0.15) is 5.75 Å². The van der Waals surface area contributed by atoms with Crippen LogP contribution in [0.25, 0.3) is 0 Å². The molecule has 1 aliphatic heterocycles. The summed E-state index contributed by atoms with van der Waals surface area (Å²) >= 11 is 0. The normalized spacial score (nSPS) is 14.9. The van der Waals surface area contributed by atoms with Crippen molar-refractivity contribution in [2.24, 2.45) is 11.7 Å². The van der Waals surface area contributed by atoms with Crippen molar-refractivity contribution in [1.82, 2.24) is 10.0 Å². The van der Waals surface area contributed by atoms with E-state index in [1.54, 1.807) is 30.3 Å². The molecule has 0 amide bonds. The number of carbonyl (C=O) groups excluding carboxylic acids is 2. The van der Waals surface area contributed by atoms with Gasteiger partial charge in [0, 0.05) is 0 Å². The summed E-state index contributed by atoms with van der Waals surface area (Å²) < 4.78 is 37.0. The number of benzene rings is 2. The van der Waals surface area contributed by atoms with E-state index in [-0.39, 0.29) is 10.5 Å². The third kappa shape index (κ3) is 7.13. The number of carbonyl (C=O) groups is 2. The average molecular weight is 462 g/mol. The predicted molar refractivity (Wildman–Crippen MR) is 117 cm³/mol. The molecule has 3 rings (SSSR count). The van der Waals surface area contributed by atoms with Crippen molar-refractivity contribution >= 4 is 22.0 Å². The van der Waals surface area contributed by atoms with Crippen molar-refractivity contribution in [3.05, 3.63) is 60.2 Å². The van der Waals surface area contributed by atoms with Gasteiger partial charge >= 0.3 is 11.9 Å². The summed E-state index contributed by atoms with van der Waals surface area (Å²) in [4.78, 5) is 24.2. The summed E-state index contributed by atoms with van der Waals surface area (Å²) in [6.07, 6.45) is 0.324. The standard InChI is InChI=1S/C22H27N3O6S/c23-20(25-32(28,29)19-6-2-1-3-7-19)13-21(26)31-22(27)17-8-10-18(11-9-17)30-12-4-5-16-14-24-15-16/h1-3,6-11,16,20,24-25H,4-5,12-15,23H2/t20-/m0/s1. The van der Waals surface area contributed by atoms with Crippen LogP contribution in [-0.2, 0) is 19.6 Å². The molecule has 4 N–H and O–H groups in total. The lowest BCUT2D eigenvalue weighted by atomic mass is 9.98. The predicted octanol–water partition coefficient (Wildman–Crippen LogP) is 1.40. The van der Waals surface area contributed by atoms with Gasteiger partial charge in [0.05, 0.1) is 29.7 Å². The van der Waals surface area contributed by atoms with Gasteiger partial charge in [-0.1, -0.05) is 18.2 Å². The number of hydrogen-bond acceptors (Lipinski definition) is 8. The van der Waals surface area contributed by atoms with Gasteiger partial charge in [0.25, 0.3) is 0 Å². The smallest absolute Gasteiger partial charge is 0.345 e. The molecule has 32 heavy (non-hydrogen) atoms. The number of esters is 2. The first-order valence-electron chi connectivity index (χ1n) is 10.3. The van der Waals surface area contributed by atoms with Crippen molar-refractivity contribution in [1.29, 1.82) is 0 Å². The summed E-state index contributed by atoms with van der Waals surface area (Å²) in [5.41, 5.74) is 5.87. The van der Waals surface area contributed by atoms with E-state index in [1.165, 1.54) is 24.3 Å². The fourth-order valence-corrected chi connectivity index (χ4v) is 4.23. The van der Waals surface area contributed by atoms with Gasteiger partial charge in [-0.2, -0.15) is 4.72 Å². The Kier molecular flexibility index (Phi) is 8.34. The third-order valence-corrected chi connectivity index (χ3v) is 6.44. The van der Waals surface area contributed by atoms with Gasteiger partial charge in [-0.3, -0.25) is 4.79 Å². The average Bonchev–Trinajstić information content (AvgIpc) is 2.72. The molecule has 1 saturated heterocycles. The first-order valence-corrected chi connectivity index (χ1v) is 11.8. The highest BCUT2D eigenvalue weighted by Crippen LogP contribution is 2.16. The van der Waals surface area contributed by atoms with Crippen LogP contribution >= 0.6 is 0 Å². The SMILES string of the molecule is N[C@H](CC(=O)OC(=O)c1ccc(OCCCC2CNC2)cc1)NS(=O)(=O)c1ccccc1. The Bertz CT molecular complexity index is 1010. The molecule has 9 nitrogen and oxygen atoms in total. The third-order valence-electron chi connectivity index (χ3n) is 4.93. The fraction of sp³-hybridized carbons (Fsp3) is 0.364. The highest BCUT2D eigenvalue weighted by atomic mass is 32.2. The molecule has 2 aromatic rings. The van der Waals surface area contributed by atoms with E-state index in [0.717, 1.165) is 31.8 Å². The second-order valence-corrected chi connectivity index (χ2v) is 9.26. The molecular weight excluding hydrogens is 434 g/mol. The molecule has 0 spiro atoms. The molecule has 0 aliphatic carbocycles. The van der Waals surface area contributed by atoms with E-state index in [9.17, 15) is 18.0 Å². The lowest BCUT2D eigenvalue weighted by molar-refractivity contribution is -0.138.